The molecule has 166 valence electrons. The lowest BCUT2D eigenvalue weighted by molar-refractivity contribution is -0.114. The summed E-state index contributed by atoms with van der Waals surface area (Å²) in [6.45, 7) is 2.80. The van der Waals surface area contributed by atoms with E-state index >= 15 is 0 Å². The highest BCUT2D eigenvalue weighted by Crippen LogP contribution is 2.24. The summed E-state index contributed by atoms with van der Waals surface area (Å²) in [7, 11) is 1.55. The molecule has 0 radical (unpaired) electrons. The predicted octanol–water partition coefficient (Wildman–Crippen LogP) is 4.79. The summed E-state index contributed by atoms with van der Waals surface area (Å²) in [6.07, 6.45) is 0.932. The van der Waals surface area contributed by atoms with Crippen molar-refractivity contribution >= 4 is 28.9 Å². The highest BCUT2D eigenvalue weighted by atomic mass is 16.5. The number of ether oxygens (including phenoxy) is 2. The molecule has 7 heteroatoms. The fraction of sp³-hybridized carbons (Fsp3) is 0.200. The van der Waals surface area contributed by atoms with Crippen LogP contribution in [0.25, 0.3) is 0 Å². The van der Waals surface area contributed by atoms with Crippen LogP contribution in [0.3, 0.4) is 0 Å². The summed E-state index contributed by atoms with van der Waals surface area (Å²) in [4.78, 5) is 24.8. The van der Waals surface area contributed by atoms with Crippen molar-refractivity contribution in [2.24, 2.45) is 0 Å². The number of methoxy groups -OCH3 is 1. The molecule has 7 nitrogen and oxygen atoms in total. The number of rotatable bonds is 10. The maximum absolute atomic E-state index is 12.5. The van der Waals surface area contributed by atoms with Gasteiger partial charge in [-0.15, -0.1) is 0 Å². The van der Waals surface area contributed by atoms with Crippen LogP contribution in [0, 0.1) is 0 Å². The van der Waals surface area contributed by atoms with Crippen molar-refractivity contribution in [1.82, 2.24) is 0 Å². The summed E-state index contributed by atoms with van der Waals surface area (Å²) in [6, 6.07) is 21.4. The van der Waals surface area contributed by atoms with Gasteiger partial charge in [-0.2, -0.15) is 0 Å². The number of carbonyl (C=O) groups excluding carboxylic acids is 2. The minimum atomic E-state index is -0.265. The normalized spacial score (nSPS) is 10.2. The van der Waals surface area contributed by atoms with E-state index in [9.17, 15) is 9.59 Å². The molecule has 0 atom stereocenters. The molecule has 0 bridgehead atoms. The minimum absolute atomic E-state index is 0.104. The Labute approximate surface area is 187 Å². The van der Waals surface area contributed by atoms with Crippen molar-refractivity contribution in [2.75, 3.05) is 36.2 Å². The van der Waals surface area contributed by atoms with E-state index in [1.54, 1.807) is 43.5 Å². The van der Waals surface area contributed by atoms with Crippen LogP contribution in [0.15, 0.2) is 72.8 Å². The van der Waals surface area contributed by atoms with Crippen LogP contribution >= 0.6 is 0 Å². The van der Waals surface area contributed by atoms with E-state index < -0.39 is 0 Å². The SMILES string of the molecule is CCCOc1cccc(NCC(=O)Nc2ccc(C(=O)Nc3ccccc3OC)cc2)c1. The van der Waals surface area contributed by atoms with Crippen molar-refractivity contribution in [2.45, 2.75) is 13.3 Å². The molecule has 0 aromatic heterocycles. The van der Waals surface area contributed by atoms with Gasteiger partial charge in [-0.05, 0) is 55.0 Å². The Morgan fingerprint density at radius 3 is 2.41 bits per heavy atom. The monoisotopic (exact) mass is 433 g/mol. The fourth-order valence-electron chi connectivity index (χ4n) is 2.95. The van der Waals surface area contributed by atoms with Gasteiger partial charge in [0.1, 0.15) is 11.5 Å². The zero-order chi connectivity index (χ0) is 22.8. The van der Waals surface area contributed by atoms with E-state index in [2.05, 4.69) is 16.0 Å². The first-order valence-corrected chi connectivity index (χ1v) is 10.4. The molecule has 0 aliphatic heterocycles. The molecular formula is C25H27N3O4. The maximum atomic E-state index is 12.5. The van der Waals surface area contributed by atoms with Crippen molar-refractivity contribution in [3.63, 3.8) is 0 Å². The highest BCUT2D eigenvalue weighted by molar-refractivity contribution is 6.05. The first-order valence-electron chi connectivity index (χ1n) is 10.4. The molecule has 2 amide bonds. The summed E-state index contributed by atoms with van der Waals surface area (Å²) < 4.78 is 10.8. The number of para-hydroxylation sites is 2. The van der Waals surface area contributed by atoms with Crippen molar-refractivity contribution < 1.29 is 19.1 Å². The quantitative estimate of drug-likeness (QED) is 0.428. The van der Waals surface area contributed by atoms with Crippen molar-refractivity contribution in [1.29, 1.82) is 0 Å². The van der Waals surface area contributed by atoms with E-state index in [1.807, 2.05) is 43.3 Å². The van der Waals surface area contributed by atoms with Gasteiger partial charge in [0.25, 0.3) is 5.91 Å². The number of anilines is 3. The van der Waals surface area contributed by atoms with E-state index in [4.69, 9.17) is 9.47 Å². The first kappa shape index (κ1) is 22.7. The van der Waals surface area contributed by atoms with Gasteiger partial charge in [0.2, 0.25) is 5.91 Å². The molecule has 0 unspecified atom stereocenters. The maximum Gasteiger partial charge on any atom is 0.255 e. The summed E-state index contributed by atoms with van der Waals surface area (Å²) in [5, 5.41) is 8.71. The summed E-state index contributed by atoms with van der Waals surface area (Å²) in [5.74, 6) is 0.884. The molecule has 3 aromatic carbocycles. The van der Waals surface area contributed by atoms with Crippen LogP contribution < -0.4 is 25.4 Å². The van der Waals surface area contributed by atoms with Gasteiger partial charge in [0.05, 0.1) is 25.9 Å². The molecule has 32 heavy (non-hydrogen) atoms. The van der Waals surface area contributed by atoms with Crippen LogP contribution in [0.1, 0.15) is 23.7 Å². The van der Waals surface area contributed by atoms with Gasteiger partial charge in [0.15, 0.2) is 0 Å². The zero-order valence-electron chi connectivity index (χ0n) is 18.2. The van der Waals surface area contributed by atoms with Crippen molar-refractivity contribution in [3.8, 4) is 11.5 Å². The number of hydrogen-bond donors (Lipinski definition) is 3. The molecule has 0 saturated heterocycles. The first-order chi connectivity index (χ1) is 15.6. The number of nitrogens with one attached hydrogen (secondary N) is 3. The Balaban J connectivity index is 1.51. The molecule has 0 saturated carbocycles. The summed E-state index contributed by atoms with van der Waals surface area (Å²) >= 11 is 0. The van der Waals surface area contributed by atoms with E-state index in [0.29, 0.717) is 29.3 Å². The Kier molecular flexibility index (Phi) is 8.09. The average Bonchev–Trinajstić information content (AvgIpc) is 2.82. The van der Waals surface area contributed by atoms with Crippen LogP contribution in [-0.4, -0.2) is 32.1 Å². The van der Waals surface area contributed by atoms with Gasteiger partial charge in [-0.3, -0.25) is 9.59 Å². The van der Waals surface area contributed by atoms with E-state index in [0.717, 1.165) is 17.9 Å². The van der Waals surface area contributed by atoms with Gasteiger partial charge in [-0.1, -0.05) is 25.1 Å². The third-order valence-corrected chi connectivity index (χ3v) is 4.55. The largest absolute Gasteiger partial charge is 0.495 e. The Bertz CT molecular complexity index is 1050. The van der Waals surface area contributed by atoms with Gasteiger partial charge >= 0.3 is 0 Å². The van der Waals surface area contributed by atoms with E-state index in [-0.39, 0.29) is 18.4 Å². The van der Waals surface area contributed by atoms with Gasteiger partial charge in [-0.25, -0.2) is 0 Å². The second kappa shape index (κ2) is 11.4. The molecule has 3 N–H and O–H groups in total. The van der Waals surface area contributed by atoms with Crippen LogP contribution in [-0.2, 0) is 4.79 Å². The second-order valence-electron chi connectivity index (χ2n) is 7.01. The van der Waals surface area contributed by atoms with Gasteiger partial charge in [0, 0.05) is 23.0 Å². The fourth-order valence-corrected chi connectivity index (χ4v) is 2.95. The Morgan fingerprint density at radius 1 is 0.875 bits per heavy atom. The lowest BCUT2D eigenvalue weighted by atomic mass is 10.2. The zero-order valence-corrected chi connectivity index (χ0v) is 18.2. The molecule has 0 fully saturated rings. The molecule has 0 aliphatic carbocycles. The van der Waals surface area contributed by atoms with Crippen LogP contribution in [0.2, 0.25) is 0 Å². The third-order valence-electron chi connectivity index (χ3n) is 4.55. The number of amides is 2. The standard InChI is InChI=1S/C25H27N3O4/c1-3-15-32-21-8-6-7-20(16-21)26-17-24(29)27-19-13-11-18(12-14-19)25(30)28-22-9-4-5-10-23(22)31-2/h4-14,16,26H,3,15,17H2,1-2H3,(H,27,29)(H,28,30). The average molecular weight is 434 g/mol. The smallest absolute Gasteiger partial charge is 0.255 e. The highest BCUT2D eigenvalue weighted by Gasteiger charge is 2.10. The predicted molar refractivity (Wildman–Crippen MR) is 127 cm³/mol. The molecule has 0 heterocycles. The van der Waals surface area contributed by atoms with Crippen LogP contribution in [0.5, 0.6) is 11.5 Å². The van der Waals surface area contributed by atoms with Gasteiger partial charge < -0.3 is 25.4 Å². The topological polar surface area (TPSA) is 88.7 Å². The summed E-state index contributed by atoms with van der Waals surface area (Å²) in [5.41, 5.74) is 2.46. The molecule has 0 aliphatic rings. The molecular weight excluding hydrogens is 406 g/mol. The lowest BCUT2D eigenvalue weighted by Gasteiger charge is -2.11. The Hall–Kier alpha value is -4.00. The molecule has 0 spiro atoms. The second-order valence-corrected chi connectivity index (χ2v) is 7.01. The third kappa shape index (κ3) is 6.50. The minimum Gasteiger partial charge on any atom is -0.495 e. The molecule has 3 rings (SSSR count). The number of carbonyl (C=O) groups is 2. The Morgan fingerprint density at radius 2 is 1.66 bits per heavy atom. The molecule has 3 aromatic rings. The van der Waals surface area contributed by atoms with Crippen molar-refractivity contribution in [3.05, 3.63) is 78.4 Å². The number of benzene rings is 3. The van der Waals surface area contributed by atoms with E-state index in [1.165, 1.54) is 0 Å². The number of hydrogen-bond acceptors (Lipinski definition) is 5. The lowest BCUT2D eigenvalue weighted by Crippen LogP contribution is -2.21. The van der Waals surface area contributed by atoms with Crippen LogP contribution in [0.4, 0.5) is 17.1 Å².